The van der Waals surface area contributed by atoms with E-state index in [2.05, 4.69) is 26.0 Å². The maximum atomic E-state index is 15.1. The maximum Gasteiger partial charge on any atom is 0.251 e. The van der Waals surface area contributed by atoms with E-state index in [4.69, 9.17) is 15.2 Å². The van der Waals surface area contributed by atoms with Crippen LogP contribution in [0.15, 0.2) is 36.4 Å². The third-order valence-electron chi connectivity index (χ3n) is 8.35. The summed E-state index contributed by atoms with van der Waals surface area (Å²) < 4.78 is 27.8. The molecule has 0 fully saturated rings. The lowest BCUT2D eigenvalue weighted by Crippen LogP contribution is -2.46. The van der Waals surface area contributed by atoms with Crippen LogP contribution < -0.4 is 31.2 Å². The van der Waals surface area contributed by atoms with Crippen LogP contribution in [0, 0.1) is 18.7 Å². The first-order valence-electron chi connectivity index (χ1n) is 16.8. The van der Waals surface area contributed by atoms with Gasteiger partial charge in [0, 0.05) is 38.2 Å². The van der Waals surface area contributed by atoms with Crippen LogP contribution in [0.25, 0.3) is 0 Å². The molecule has 14 nitrogen and oxygen atoms in total. The summed E-state index contributed by atoms with van der Waals surface area (Å²) >= 11 is 0. The van der Waals surface area contributed by atoms with Crippen molar-refractivity contribution in [3.8, 4) is 17.2 Å². The molecule has 51 heavy (non-hydrogen) atoms. The molecule has 16 heteroatoms. The van der Waals surface area contributed by atoms with Crippen molar-refractivity contribution in [2.45, 2.75) is 78.6 Å². The molecule has 0 saturated heterocycles. The van der Waals surface area contributed by atoms with E-state index in [-0.39, 0.29) is 86.3 Å². The van der Waals surface area contributed by atoms with Gasteiger partial charge in [0.15, 0.2) is 23.1 Å². The van der Waals surface area contributed by atoms with Gasteiger partial charge in [0.1, 0.15) is 24.2 Å². The largest absolute Gasteiger partial charge is 0.493 e. The summed E-state index contributed by atoms with van der Waals surface area (Å²) in [5.41, 5.74) is 7.10. The van der Waals surface area contributed by atoms with E-state index < -0.39 is 29.7 Å². The molecule has 0 saturated carbocycles. The van der Waals surface area contributed by atoms with Gasteiger partial charge in [0.2, 0.25) is 17.7 Å². The highest BCUT2D eigenvalue weighted by molar-refractivity contribution is 5.95. The van der Waals surface area contributed by atoms with Crippen molar-refractivity contribution in [1.29, 1.82) is 0 Å². The number of methoxy groups -OCH3 is 1. The molecule has 1 aromatic heterocycles. The van der Waals surface area contributed by atoms with E-state index >= 15 is 4.39 Å². The lowest BCUT2D eigenvalue weighted by molar-refractivity contribution is -0.133. The Morgan fingerprint density at radius 3 is 2.53 bits per heavy atom. The molecule has 4 bridgehead atoms. The Bertz CT molecular complexity index is 1690. The van der Waals surface area contributed by atoms with Crippen molar-refractivity contribution in [2.24, 2.45) is 11.7 Å². The van der Waals surface area contributed by atoms with Gasteiger partial charge in [-0.1, -0.05) is 26.8 Å². The Labute approximate surface area is 303 Å². The van der Waals surface area contributed by atoms with Gasteiger partial charge in [-0.25, -0.2) is 14.1 Å². The highest BCUT2D eigenvalue weighted by Crippen LogP contribution is 2.34. The molecule has 3 heterocycles. The average molecular weight is 731 g/mol. The minimum absolute atomic E-state index is 0. The zero-order chi connectivity index (χ0) is 36.4. The number of amides is 4. The lowest BCUT2D eigenvalue weighted by Gasteiger charge is -2.24. The van der Waals surface area contributed by atoms with Crippen molar-refractivity contribution in [3.63, 3.8) is 0 Å². The Balaban J connectivity index is 0.00000702. The first-order chi connectivity index (χ1) is 23.9. The quantitative estimate of drug-likeness (QED) is 0.295. The second kappa shape index (κ2) is 19.0. The number of ether oxygens (including phenoxy) is 2. The third-order valence-corrected chi connectivity index (χ3v) is 8.35. The Kier molecular flexibility index (Phi) is 15.2. The van der Waals surface area contributed by atoms with Crippen molar-refractivity contribution in [1.82, 2.24) is 35.6 Å². The van der Waals surface area contributed by atoms with Crippen LogP contribution in [-0.2, 0) is 27.5 Å². The summed E-state index contributed by atoms with van der Waals surface area (Å²) in [4.78, 5) is 58.6. The molecule has 3 aromatic rings. The van der Waals surface area contributed by atoms with Gasteiger partial charge in [-0.05, 0) is 68.0 Å². The van der Waals surface area contributed by atoms with Gasteiger partial charge < -0.3 is 36.1 Å². The summed E-state index contributed by atoms with van der Waals surface area (Å²) in [7, 11) is 1.43. The first kappa shape index (κ1) is 40.7. The number of aromatic nitrogens is 3. The summed E-state index contributed by atoms with van der Waals surface area (Å²) in [6.07, 6.45) is 1.15. The number of hydrogen-bond acceptors (Lipinski definition) is 9. The highest BCUT2D eigenvalue weighted by Gasteiger charge is 2.24. The predicted molar refractivity (Wildman–Crippen MR) is 190 cm³/mol. The SMILES string of the molecule is CC[C@@H]1NC(=O)CCCN(C(=O)Cn2nc(C)nc2[C@@H](N)C(C)C)CCCNC(=O)c2ccc(OC)c(c2)Oc2ccc(cc2F)CNC1=O.Cl. The van der Waals surface area contributed by atoms with Crippen LogP contribution in [0.1, 0.15) is 80.1 Å². The van der Waals surface area contributed by atoms with Crippen molar-refractivity contribution < 1.29 is 33.0 Å². The number of carbonyl (C=O) groups excluding carboxylic acids is 4. The summed E-state index contributed by atoms with van der Waals surface area (Å²) in [5, 5.41) is 12.8. The Morgan fingerprint density at radius 2 is 1.84 bits per heavy atom. The summed E-state index contributed by atoms with van der Waals surface area (Å²) in [6, 6.07) is 7.64. The summed E-state index contributed by atoms with van der Waals surface area (Å²) in [5.74, 6) is -0.648. The number of nitrogens with two attached hydrogens (primary N) is 1. The number of benzene rings is 2. The van der Waals surface area contributed by atoms with E-state index in [0.29, 0.717) is 42.2 Å². The standard InChI is InChI=1S/C35H47FN8O6.ClH/c1-6-26-35(48)39-19-23-10-12-27(25(36)17-23)50-29-18-24(11-13-28(29)49-5)34(47)38-14-8-16-43(15-7-9-30(45)41-26)31(46)20-44-33(32(37)21(2)3)40-22(4)42-44;/h10-13,17-18,21,26,32H,6-9,14-16,19-20,37H2,1-5H3,(H,38,47)(H,39,48)(H,41,45);1H/t26-,32-;/m0./s1. The normalized spacial score (nSPS) is 17.1. The molecule has 2 aromatic carbocycles. The number of hydrogen-bond donors (Lipinski definition) is 4. The van der Waals surface area contributed by atoms with Crippen LogP contribution >= 0.6 is 12.4 Å². The molecular formula is C35H48ClFN8O6. The minimum Gasteiger partial charge on any atom is -0.493 e. The van der Waals surface area contributed by atoms with E-state index in [0.717, 1.165) is 0 Å². The van der Waals surface area contributed by atoms with Crippen LogP contribution in [0.3, 0.4) is 0 Å². The molecule has 0 radical (unpaired) electrons. The third kappa shape index (κ3) is 11.1. The summed E-state index contributed by atoms with van der Waals surface area (Å²) in [6.45, 7) is 8.14. The average Bonchev–Trinajstić information content (AvgIpc) is 3.46. The zero-order valence-corrected chi connectivity index (χ0v) is 30.5. The number of aryl methyl sites for hydroxylation is 1. The van der Waals surface area contributed by atoms with Gasteiger partial charge in [-0.15, -0.1) is 12.4 Å². The smallest absolute Gasteiger partial charge is 0.251 e. The van der Waals surface area contributed by atoms with E-state index in [1.807, 2.05) is 13.8 Å². The molecule has 5 rings (SSSR count). The molecule has 278 valence electrons. The Morgan fingerprint density at radius 1 is 1.10 bits per heavy atom. The van der Waals surface area contributed by atoms with Crippen molar-refractivity contribution in [3.05, 3.63) is 65.0 Å². The zero-order valence-electron chi connectivity index (χ0n) is 29.7. The fraction of sp³-hybridized carbons (Fsp3) is 0.486. The molecule has 0 aliphatic carbocycles. The van der Waals surface area contributed by atoms with Gasteiger partial charge >= 0.3 is 0 Å². The second-order valence-electron chi connectivity index (χ2n) is 12.5. The number of halogens is 2. The number of carbonyl (C=O) groups is 4. The predicted octanol–water partition coefficient (Wildman–Crippen LogP) is 3.56. The molecule has 4 amide bonds. The minimum atomic E-state index is -0.795. The van der Waals surface area contributed by atoms with Crippen LogP contribution in [0.4, 0.5) is 4.39 Å². The van der Waals surface area contributed by atoms with Crippen LogP contribution in [0.2, 0.25) is 0 Å². The molecule has 5 N–H and O–H groups in total. The molecule has 2 atom stereocenters. The van der Waals surface area contributed by atoms with Gasteiger partial charge in [-0.2, -0.15) is 5.10 Å². The van der Waals surface area contributed by atoms with E-state index in [1.54, 1.807) is 36.9 Å². The first-order valence-corrected chi connectivity index (χ1v) is 16.8. The monoisotopic (exact) mass is 730 g/mol. The fourth-order valence-corrected chi connectivity index (χ4v) is 5.41. The number of rotatable bonds is 6. The highest BCUT2D eigenvalue weighted by atomic mass is 35.5. The van der Waals surface area contributed by atoms with Crippen molar-refractivity contribution in [2.75, 3.05) is 26.7 Å². The van der Waals surface area contributed by atoms with Gasteiger partial charge in [0.05, 0.1) is 13.2 Å². The fourth-order valence-electron chi connectivity index (χ4n) is 5.41. The van der Waals surface area contributed by atoms with Gasteiger partial charge in [-0.3, -0.25) is 19.2 Å². The van der Waals surface area contributed by atoms with E-state index in [9.17, 15) is 19.2 Å². The van der Waals surface area contributed by atoms with E-state index in [1.165, 1.54) is 30.0 Å². The second-order valence-corrected chi connectivity index (χ2v) is 12.5. The molecule has 0 spiro atoms. The number of nitrogens with zero attached hydrogens (tertiary/aromatic N) is 4. The number of nitrogens with one attached hydrogen (secondary N) is 3. The topological polar surface area (TPSA) is 183 Å². The van der Waals surface area contributed by atoms with Crippen LogP contribution in [-0.4, -0.2) is 76.1 Å². The molecule has 2 aliphatic heterocycles. The lowest BCUT2D eigenvalue weighted by atomic mass is 10.1. The van der Waals surface area contributed by atoms with Crippen LogP contribution in [0.5, 0.6) is 17.2 Å². The molecule has 0 unspecified atom stereocenters. The van der Waals surface area contributed by atoms with Gasteiger partial charge in [0.25, 0.3) is 5.91 Å². The maximum absolute atomic E-state index is 15.1. The molecule has 2 aliphatic rings. The Hall–Kier alpha value is -4.76. The number of fused-ring (bicyclic) bond motifs is 16. The molecular weight excluding hydrogens is 683 g/mol. The van der Waals surface area contributed by atoms with Crippen molar-refractivity contribution >= 4 is 36.0 Å².